The molecule has 0 aliphatic carbocycles. The van der Waals surface area contributed by atoms with Gasteiger partial charge < -0.3 is 15.6 Å². The van der Waals surface area contributed by atoms with Crippen LogP contribution in [0.1, 0.15) is 5.56 Å². The lowest BCUT2D eigenvalue weighted by Gasteiger charge is -2.45. The van der Waals surface area contributed by atoms with E-state index in [1.165, 1.54) is 5.56 Å². The van der Waals surface area contributed by atoms with Crippen LogP contribution in [-0.2, 0) is 11.3 Å². The van der Waals surface area contributed by atoms with Crippen LogP contribution in [0.15, 0.2) is 30.3 Å². The van der Waals surface area contributed by atoms with Gasteiger partial charge in [-0.3, -0.25) is 4.90 Å². The van der Waals surface area contributed by atoms with Crippen LogP contribution in [-0.4, -0.2) is 48.5 Å². The highest BCUT2D eigenvalue weighted by Crippen LogP contribution is 2.21. The highest BCUT2D eigenvalue weighted by Gasteiger charge is 2.37. The third kappa shape index (κ3) is 2.66. The average molecular weight is 236 g/mol. The smallest absolute Gasteiger partial charge is 0.0803 e. The molecule has 0 spiro atoms. The second kappa shape index (κ2) is 5.60. The number of hydrogen-bond acceptors (Lipinski definition) is 4. The Hall–Kier alpha value is -0.940. The first-order chi connectivity index (χ1) is 8.30. The summed E-state index contributed by atoms with van der Waals surface area (Å²) in [5.74, 6) is 0. The summed E-state index contributed by atoms with van der Waals surface area (Å²) in [7, 11) is 0. The van der Waals surface area contributed by atoms with E-state index >= 15 is 0 Å². The average Bonchev–Trinajstić information content (AvgIpc) is 2.41. The fourth-order valence-electron chi connectivity index (χ4n) is 2.21. The lowest BCUT2D eigenvalue weighted by Crippen LogP contribution is -2.62. The van der Waals surface area contributed by atoms with Gasteiger partial charge >= 0.3 is 0 Å². The second-order valence-corrected chi connectivity index (χ2v) is 4.55. The number of ether oxygens (including phenoxy) is 1. The zero-order chi connectivity index (χ0) is 12.1. The fourth-order valence-corrected chi connectivity index (χ4v) is 2.21. The normalized spacial score (nSPS) is 26.0. The molecule has 1 fully saturated rings. The minimum Gasteiger partial charge on any atom is -0.394 e. The van der Waals surface area contributed by atoms with Crippen molar-refractivity contribution in [1.82, 2.24) is 4.90 Å². The van der Waals surface area contributed by atoms with Gasteiger partial charge in [0.05, 0.1) is 25.4 Å². The number of aliphatic hydroxyl groups excluding tert-OH is 1. The number of hydrogen-bond donors (Lipinski definition) is 2. The van der Waals surface area contributed by atoms with Crippen molar-refractivity contribution in [3.8, 4) is 0 Å². The SMILES string of the molecule is NC[C@]1(CO)COCCN1Cc1ccccc1. The van der Waals surface area contributed by atoms with Crippen LogP contribution in [0.2, 0.25) is 0 Å². The molecule has 1 aromatic rings. The van der Waals surface area contributed by atoms with Gasteiger partial charge in [-0.15, -0.1) is 0 Å². The molecular formula is C13H20N2O2. The summed E-state index contributed by atoms with van der Waals surface area (Å²) in [5.41, 5.74) is 6.63. The van der Waals surface area contributed by atoms with Crippen molar-refractivity contribution < 1.29 is 9.84 Å². The number of rotatable bonds is 4. The Morgan fingerprint density at radius 3 is 2.76 bits per heavy atom. The molecule has 0 radical (unpaired) electrons. The van der Waals surface area contributed by atoms with Crippen LogP contribution in [0.5, 0.6) is 0 Å². The van der Waals surface area contributed by atoms with Gasteiger partial charge in [0.25, 0.3) is 0 Å². The Morgan fingerprint density at radius 1 is 1.35 bits per heavy atom. The van der Waals surface area contributed by atoms with Crippen LogP contribution in [0.25, 0.3) is 0 Å². The first-order valence-electron chi connectivity index (χ1n) is 5.98. The standard InChI is InChI=1S/C13H20N2O2/c14-9-13(10-16)11-17-7-6-15(13)8-12-4-2-1-3-5-12/h1-5,16H,6-11,14H2/t13-/m0/s1. The van der Waals surface area contributed by atoms with Gasteiger partial charge in [-0.05, 0) is 5.56 Å². The van der Waals surface area contributed by atoms with E-state index in [4.69, 9.17) is 10.5 Å². The van der Waals surface area contributed by atoms with Crippen molar-refractivity contribution in [2.75, 3.05) is 32.9 Å². The van der Waals surface area contributed by atoms with Crippen LogP contribution >= 0.6 is 0 Å². The number of nitrogens with two attached hydrogens (primary N) is 1. The van der Waals surface area contributed by atoms with Crippen molar-refractivity contribution in [3.63, 3.8) is 0 Å². The molecule has 0 unspecified atom stereocenters. The summed E-state index contributed by atoms with van der Waals surface area (Å²) in [6.07, 6.45) is 0. The predicted molar refractivity (Wildman–Crippen MR) is 66.5 cm³/mol. The Balaban J connectivity index is 2.12. The molecular weight excluding hydrogens is 216 g/mol. The molecule has 94 valence electrons. The van der Waals surface area contributed by atoms with Crippen LogP contribution < -0.4 is 5.73 Å². The topological polar surface area (TPSA) is 58.7 Å². The Bertz CT molecular complexity index is 339. The molecule has 1 atom stereocenters. The van der Waals surface area contributed by atoms with E-state index in [9.17, 15) is 5.11 Å². The summed E-state index contributed by atoms with van der Waals surface area (Å²) in [4.78, 5) is 2.23. The van der Waals surface area contributed by atoms with Gasteiger partial charge in [-0.25, -0.2) is 0 Å². The van der Waals surface area contributed by atoms with E-state index in [0.29, 0.717) is 19.8 Å². The number of morpholine rings is 1. The van der Waals surface area contributed by atoms with Crippen molar-refractivity contribution in [1.29, 1.82) is 0 Å². The van der Waals surface area contributed by atoms with Crippen molar-refractivity contribution >= 4 is 0 Å². The highest BCUT2D eigenvalue weighted by atomic mass is 16.5. The maximum Gasteiger partial charge on any atom is 0.0803 e. The largest absolute Gasteiger partial charge is 0.394 e. The van der Waals surface area contributed by atoms with Crippen LogP contribution in [0.3, 0.4) is 0 Å². The van der Waals surface area contributed by atoms with Crippen molar-refractivity contribution in [3.05, 3.63) is 35.9 Å². The summed E-state index contributed by atoms with van der Waals surface area (Å²) < 4.78 is 5.45. The molecule has 1 aliphatic rings. The first-order valence-corrected chi connectivity index (χ1v) is 5.98. The van der Waals surface area contributed by atoms with Gasteiger partial charge in [0.2, 0.25) is 0 Å². The summed E-state index contributed by atoms with van der Waals surface area (Å²) >= 11 is 0. The predicted octanol–water partition coefficient (Wildman–Crippen LogP) is 0.209. The Kier molecular flexibility index (Phi) is 4.12. The molecule has 4 heteroatoms. The molecule has 0 bridgehead atoms. The summed E-state index contributed by atoms with van der Waals surface area (Å²) in [6.45, 7) is 3.28. The zero-order valence-corrected chi connectivity index (χ0v) is 10.0. The van der Waals surface area contributed by atoms with Crippen LogP contribution in [0, 0.1) is 0 Å². The van der Waals surface area contributed by atoms with Gasteiger partial charge in [-0.1, -0.05) is 30.3 Å². The third-order valence-corrected chi connectivity index (χ3v) is 3.44. The molecule has 1 aliphatic heterocycles. The maximum absolute atomic E-state index is 9.59. The van der Waals surface area contributed by atoms with Crippen molar-refractivity contribution in [2.45, 2.75) is 12.1 Å². The Labute approximate surface area is 102 Å². The zero-order valence-electron chi connectivity index (χ0n) is 10.0. The second-order valence-electron chi connectivity index (χ2n) is 4.55. The molecule has 0 aromatic heterocycles. The lowest BCUT2D eigenvalue weighted by molar-refractivity contribution is -0.0908. The third-order valence-electron chi connectivity index (χ3n) is 3.44. The number of aliphatic hydroxyl groups is 1. The van der Waals surface area contributed by atoms with Gasteiger partial charge in [-0.2, -0.15) is 0 Å². The summed E-state index contributed by atoms with van der Waals surface area (Å²) in [6, 6.07) is 10.2. The number of benzene rings is 1. The molecule has 1 saturated heterocycles. The van der Waals surface area contributed by atoms with E-state index in [1.807, 2.05) is 18.2 Å². The molecule has 1 aromatic carbocycles. The fraction of sp³-hybridized carbons (Fsp3) is 0.538. The van der Waals surface area contributed by atoms with E-state index in [2.05, 4.69) is 17.0 Å². The monoisotopic (exact) mass is 236 g/mol. The molecule has 2 rings (SSSR count). The van der Waals surface area contributed by atoms with Gasteiger partial charge in [0.15, 0.2) is 0 Å². The first kappa shape index (κ1) is 12.5. The molecule has 17 heavy (non-hydrogen) atoms. The minimum atomic E-state index is -0.423. The van der Waals surface area contributed by atoms with Gasteiger partial charge in [0.1, 0.15) is 0 Å². The molecule has 3 N–H and O–H groups in total. The van der Waals surface area contributed by atoms with E-state index in [-0.39, 0.29) is 6.61 Å². The van der Waals surface area contributed by atoms with Gasteiger partial charge in [0, 0.05) is 19.6 Å². The molecule has 0 saturated carbocycles. The van der Waals surface area contributed by atoms with E-state index in [1.54, 1.807) is 0 Å². The summed E-state index contributed by atoms with van der Waals surface area (Å²) in [5, 5.41) is 9.59. The highest BCUT2D eigenvalue weighted by molar-refractivity contribution is 5.15. The quantitative estimate of drug-likeness (QED) is 0.784. The lowest BCUT2D eigenvalue weighted by atomic mass is 9.97. The molecule has 4 nitrogen and oxygen atoms in total. The van der Waals surface area contributed by atoms with E-state index in [0.717, 1.165) is 13.1 Å². The maximum atomic E-state index is 9.59. The minimum absolute atomic E-state index is 0.0380. The molecule has 1 heterocycles. The van der Waals surface area contributed by atoms with Crippen molar-refractivity contribution in [2.24, 2.45) is 5.73 Å². The molecule has 0 amide bonds. The Morgan fingerprint density at radius 2 is 2.12 bits per heavy atom. The van der Waals surface area contributed by atoms with Crippen LogP contribution in [0.4, 0.5) is 0 Å². The van der Waals surface area contributed by atoms with E-state index < -0.39 is 5.54 Å². The number of nitrogens with zero attached hydrogens (tertiary/aromatic N) is 1.